The number of piperidine rings is 1. The van der Waals surface area contributed by atoms with E-state index in [0.717, 1.165) is 81.5 Å². The second-order valence-electron chi connectivity index (χ2n) is 13.2. The van der Waals surface area contributed by atoms with E-state index in [1.165, 1.54) is 6.07 Å². The molecule has 4 saturated heterocycles. The third-order valence-corrected chi connectivity index (χ3v) is 10.6. The van der Waals surface area contributed by atoms with E-state index in [0.29, 0.717) is 41.4 Å². The zero-order valence-electron chi connectivity index (χ0n) is 25.2. The monoisotopic (exact) mass is 610 g/mol. The molecule has 0 aliphatic carbocycles. The molecule has 4 aromatic rings. The highest BCUT2D eigenvalue weighted by atomic mass is 19.1. The number of ether oxygens (including phenoxy) is 2. The van der Waals surface area contributed by atoms with Crippen LogP contribution in [0.2, 0.25) is 0 Å². The zero-order chi connectivity index (χ0) is 30.8. The predicted molar refractivity (Wildman–Crippen MR) is 170 cm³/mol. The van der Waals surface area contributed by atoms with Gasteiger partial charge in [-0.1, -0.05) is 18.1 Å². The highest BCUT2D eigenvalue weighted by Crippen LogP contribution is 2.42. The number of phenols is 1. The van der Waals surface area contributed by atoms with E-state index in [1.807, 2.05) is 18.2 Å². The number of alkyl halides is 1. The molecule has 5 heterocycles. The van der Waals surface area contributed by atoms with Crippen molar-refractivity contribution >= 4 is 27.5 Å². The number of terminal acetylenes is 1. The van der Waals surface area contributed by atoms with E-state index >= 15 is 0 Å². The molecular weight excluding hydrogens is 574 g/mol. The van der Waals surface area contributed by atoms with Crippen LogP contribution in [-0.4, -0.2) is 76.7 Å². The predicted octanol–water partition coefficient (Wildman–Crippen LogP) is 6.38. The Balaban J connectivity index is 1.21. The smallest absolute Gasteiger partial charge is 0.319 e. The number of hydrogen-bond acceptors (Lipinski definition) is 7. The molecule has 1 N–H and O–H groups in total. The Morgan fingerprint density at radius 2 is 1.91 bits per heavy atom. The zero-order valence-corrected chi connectivity index (χ0v) is 25.2. The molecule has 8 rings (SSSR count). The molecule has 2 atom stereocenters. The Morgan fingerprint density at radius 3 is 2.71 bits per heavy atom. The molecule has 0 radical (unpaired) electrons. The molecule has 0 unspecified atom stereocenters. The Morgan fingerprint density at radius 1 is 1.04 bits per heavy atom. The summed E-state index contributed by atoms with van der Waals surface area (Å²) in [6.07, 6.45) is 11.3. The highest BCUT2D eigenvalue weighted by molar-refractivity contribution is 6.03. The van der Waals surface area contributed by atoms with Crippen LogP contribution in [0.3, 0.4) is 0 Å². The molecule has 4 aliphatic rings. The quantitative estimate of drug-likeness (QED) is 0.263. The van der Waals surface area contributed by atoms with Gasteiger partial charge in [0, 0.05) is 43.4 Å². The van der Waals surface area contributed by atoms with Crippen molar-refractivity contribution in [2.24, 2.45) is 0 Å². The fourth-order valence-electron chi connectivity index (χ4n) is 8.28. The summed E-state index contributed by atoms with van der Waals surface area (Å²) in [5, 5.41) is 12.7. The van der Waals surface area contributed by atoms with Crippen LogP contribution in [0.1, 0.15) is 50.5 Å². The maximum Gasteiger partial charge on any atom is 0.319 e. The first-order valence-corrected chi connectivity index (χ1v) is 16.0. The van der Waals surface area contributed by atoms with E-state index in [9.17, 15) is 13.9 Å². The van der Waals surface area contributed by atoms with Crippen molar-refractivity contribution in [3.05, 3.63) is 53.8 Å². The van der Waals surface area contributed by atoms with E-state index in [-0.39, 0.29) is 28.5 Å². The number of benzene rings is 3. The minimum absolute atomic E-state index is 0.0390. The minimum Gasteiger partial charge on any atom is -0.508 e. The van der Waals surface area contributed by atoms with Crippen LogP contribution in [0.5, 0.6) is 11.8 Å². The molecule has 7 nitrogen and oxygen atoms in total. The molecule has 9 heteroatoms. The number of rotatable bonds is 5. The standard InChI is InChI=1S/C36H36F2N4O3/c1-2-27-30(38)8-6-24-17-26(43)19-29(32(24)27)23-5-7-28-31(18-23)39-34(44-22-35-9-3-13-42(35)21-25(37)20-35)40-33(28)41-14-11-36(12-15-41)10-4-16-45-36/h1,5-8,17-19,25,43H,3-4,9-16,20-22H2/t25-,35+/m1/s1. The van der Waals surface area contributed by atoms with E-state index in [1.54, 1.807) is 18.2 Å². The van der Waals surface area contributed by atoms with Crippen LogP contribution < -0.4 is 9.64 Å². The summed E-state index contributed by atoms with van der Waals surface area (Å²) in [4.78, 5) is 14.3. The van der Waals surface area contributed by atoms with E-state index in [4.69, 9.17) is 25.9 Å². The molecule has 45 heavy (non-hydrogen) atoms. The summed E-state index contributed by atoms with van der Waals surface area (Å²) in [5.74, 6) is 2.86. The lowest BCUT2D eigenvalue weighted by atomic mass is 9.88. The number of fused-ring (bicyclic) bond motifs is 3. The van der Waals surface area contributed by atoms with Gasteiger partial charge in [-0.15, -0.1) is 6.42 Å². The fraction of sp³-hybridized carbons (Fsp3) is 0.444. The van der Waals surface area contributed by atoms with Crippen LogP contribution in [-0.2, 0) is 4.74 Å². The summed E-state index contributed by atoms with van der Waals surface area (Å²) < 4.78 is 41.9. The lowest BCUT2D eigenvalue weighted by Crippen LogP contribution is -2.44. The van der Waals surface area contributed by atoms with Gasteiger partial charge < -0.3 is 19.5 Å². The van der Waals surface area contributed by atoms with Gasteiger partial charge in [0.2, 0.25) is 0 Å². The van der Waals surface area contributed by atoms with Gasteiger partial charge in [-0.3, -0.25) is 4.90 Å². The SMILES string of the molecule is C#Cc1c(F)ccc2cc(O)cc(-c3ccc4c(N5CCC6(CCCO6)CC5)nc(OC[C@@]56CCCN5C[C@H](F)C6)nc4c3)c12. The van der Waals surface area contributed by atoms with Crippen LogP contribution in [0.15, 0.2) is 42.5 Å². The topological polar surface area (TPSA) is 71.0 Å². The van der Waals surface area contributed by atoms with E-state index < -0.39 is 12.0 Å². The number of nitrogens with zero attached hydrogens (tertiary/aromatic N) is 4. The number of phenolic OH excluding ortho intramolecular Hbond substituents is 1. The first kappa shape index (κ1) is 28.5. The molecule has 0 bridgehead atoms. The number of aromatic nitrogens is 2. The van der Waals surface area contributed by atoms with Crippen LogP contribution in [0.25, 0.3) is 32.8 Å². The van der Waals surface area contributed by atoms with Gasteiger partial charge in [-0.25, -0.2) is 8.78 Å². The number of halogens is 2. The lowest BCUT2D eigenvalue weighted by Gasteiger charge is -2.39. The van der Waals surface area contributed by atoms with Gasteiger partial charge in [0.15, 0.2) is 0 Å². The largest absolute Gasteiger partial charge is 0.508 e. The molecule has 1 aromatic heterocycles. The first-order valence-electron chi connectivity index (χ1n) is 16.0. The van der Waals surface area contributed by atoms with Crippen molar-refractivity contribution in [3.8, 4) is 35.2 Å². The molecule has 4 aliphatic heterocycles. The van der Waals surface area contributed by atoms with Crippen LogP contribution >= 0.6 is 0 Å². The van der Waals surface area contributed by atoms with Crippen molar-refractivity contribution in [3.63, 3.8) is 0 Å². The second kappa shape index (κ2) is 10.8. The van der Waals surface area contributed by atoms with Gasteiger partial charge >= 0.3 is 6.01 Å². The maximum atomic E-state index is 14.8. The van der Waals surface area contributed by atoms with Gasteiger partial charge in [-0.2, -0.15) is 9.97 Å². The van der Waals surface area contributed by atoms with Gasteiger partial charge in [0.25, 0.3) is 0 Å². The minimum atomic E-state index is -0.849. The summed E-state index contributed by atoms with van der Waals surface area (Å²) in [6.45, 7) is 4.09. The Hall–Kier alpha value is -4.00. The fourth-order valence-corrected chi connectivity index (χ4v) is 8.28. The van der Waals surface area contributed by atoms with Crippen molar-refractivity contribution in [1.29, 1.82) is 0 Å². The normalized spacial score (nSPS) is 24.5. The summed E-state index contributed by atoms with van der Waals surface area (Å²) in [6, 6.07) is 12.2. The van der Waals surface area contributed by atoms with Crippen molar-refractivity contribution < 1.29 is 23.4 Å². The Bertz CT molecular complexity index is 1840. The van der Waals surface area contributed by atoms with Crippen molar-refractivity contribution in [2.45, 2.75) is 62.3 Å². The number of aromatic hydroxyl groups is 1. The Labute approximate surface area is 261 Å². The summed E-state index contributed by atoms with van der Waals surface area (Å²) in [5.41, 5.74) is 1.79. The van der Waals surface area contributed by atoms with Crippen LogP contribution in [0.4, 0.5) is 14.6 Å². The van der Waals surface area contributed by atoms with Crippen LogP contribution in [0, 0.1) is 18.2 Å². The second-order valence-corrected chi connectivity index (χ2v) is 13.2. The van der Waals surface area contributed by atoms with E-state index in [2.05, 4.69) is 15.7 Å². The number of hydrogen-bond donors (Lipinski definition) is 1. The van der Waals surface area contributed by atoms with Gasteiger partial charge in [0.05, 0.1) is 22.2 Å². The molecule has 0 amide bonds. The lowest BCUT2D eigenvalue weighted by molar-refractivity contribution is -0.0146. The van der Waals surface area contributed by atoms with Crippen molar-refractivity contribution in [1.82, 2.24) is 14.9 Å². The molecule has 0 saturated carbocycles. The third-order valence-electron chi connectivity index (χ3n) is 10.6. The Kier molecular flexibility index (Phi) is 6.84. The maximum absolute atomic E-state index is 14.8. The van der Waals surface area contributed by atoms with Crippen molar-refractivity contribution in [2.75, 3.05) is 44.3 Å². The molecule has 232 valence electrons. The molecule has 4 fully saturated rings. The highest BCUT2D eigenvalue weighted by Gasteiger charge is 2.49. The number of anilines is 1. The summed E-state index contributed by atoms with van der Waals surface area (Å²) in [7, 11) is 0. The molecule has 1 spiro atoms. The van der Waals surface area contributed by atoms with Gasteiger partial charge in [-0.05, 0) is 91.9 Å². The molecule has 3 aromatic carbocycles. The average Bonchev–Trinajstić information content (AvgIpc) is 3.74. The molecular formula is C36H36F2N4O3. The average molecular weight is 611 g/mol. The summed E-state index contributed by atoms with van der Waals surface area (Å²) >= 11 is 0. The van der Waals surface area contributed by atoms with Gasteiger partial charge in [0.1, 0.15) is 30.2 Å². The third kappa shape index (κ3) is 4.86. The first-order chi connectivity index (χ1) is 21.9.